The lowest BCUT2D eigenvalue weighted by molar-refractivity contribution is -0.129. The summed E-state index contributed by atoms with van der Waals surface area (Å²) >= 11 is 5.86. The van der Waals surface area contributed by atoms with Gasteiger partial charge in [-0.15, -0.1) is 0 Å². The van der Waals surface area contributed by atoms with Crippen molar-refractivity contribution in [1.29, 1.82) is 0 Å². The molecule has 5 heteroatoms. The lowest BCUT2D eigenvalue weighted by atomic mass is 10.1. The first-order chi connectivity index (χ1) is 10.9. The molecule has 0 radical (unpaired) electrons. The average molecular weight is 331 g/mol. The summed E-state index contributed by atoms with van der Waals surface area (Å²) in [6, 6.07) is 14.7. The maximum Gasteiger partial charge on any atom is 0.227 e. The van der Waals surface area contributed by atoms with Crippen molar-refractivity contribution in [2.45, 2.75) is 19.9 Å². The fourth-order valence-corrected chi connectivity index (χ4v) is 2.30. The van der Waals surface area contributed by atoms with E-state index in [1.165, 1.54) is 6.92 Å². The molecular formula is C18H19ClN2O2. The van der Waals surface area contributed by atoms with Crippen molar-refractivity contribution in [2.75, 3.05) is 12.4 Å². The molecule has 0 unspecified atom stereocenters. The monoisotopic (exact) mass is 330 g/mol. The van der Waals surface area contributed by atoms with Crippen LogP contribution in [0.15, 0.2) is 48.5 Å². The Bertz CT molecular complexity index is 681. The molecule has 2 rings (SSSR count). The van der Waals surface area contributed by atoms with Gasteiger partial charge in [-0.25, -0.2) is 0 Å². The first-order valence-electron chi connectivity index (χ1n) is 7.29. The Labute approximate surface area is 141 Å². The molecule has 0 spiro atoms. The highest BCUT2D eigenvalue weighted by Gasteiger charge is 2.10. The van der Waals surface area contributed by atoms with Gasteiger partial charge in [-0.2, -0.15) is 0 Å². The molecule has 0 fully saturated rings. The summed E-state index contributed by atoms with van der Waals surface area (Å²) in [5, 5.41) is 3.38. The summed E-state index contributed by atoms with van der Waals surface area (Å²) in [4.78, 5) is 24.9. The molecule has 0 atom stereocenters. The van der Waals surface area contributed by atoms with Gasteiger partial charge in [-0.05, 0) is 35.4 Å². The van der Waals surface area contributed by atoms with Gasteiger partial charge in [0.25, 0.3) is 0 Å². The lowest BCUT2D eigenvalue weighted by Crippen LogP contribution is -2.27. The van der Waals surface area contributed by atoms with Crippen LogP contribution < -0.4 is 5.32 Å². The van der Waals surface area contributed by atoms with Gasteiger partial charge in [0.15, 0.2) is 0 Å². The number of carbonyl (C=O) groups is 2. The zero-order chi connectivity index (χ0) is 16.8. The van der Waals surface area contributed by atoms with Crippen LogP contribution in [0, 0.1) is 0 Å². The van der Waals surface area contributed by atoms with Crippen molar-refractivity contribution in [1.82, 2.24) is 4.90 Å². The second kappa shape index (κ2) is 7.79. The van der Waals surface area contributed by atoms with E-state index in [1.54, 1.807) is 24.1 Å². The number of hydrogen-bond acceptors (Lipinski definition) is 2. The van der Waals surface area contributed by atoms with Crippen LogP contribution in [0.25, 0.3) is 0 Å². The van der Waals surface area contributed by atoms with E-state index in [4.69, 9.17) is 11.6 Å². The van der Waals surface area contributed by atoms with Crippen molar-refractivity contribution in [2.24, 2.45) is 0 Å². The molecule has 0 saturated heterocycles. The van der Waals surface area contributed by atoms with Crippen molar-refractivity contribution in [3.63, 3.8) is 0 Å². The molecule has 0 aliphatic heterocycles. The Balaban J connectivity index is 1.92. The second-order valence-corrected chi connectivity index (χ2v) is 5.87. The van der Waals surface area contributed by atoms with Gasteiger partial charge >= 0.3 is 0 Å². The summed E-state index contributed by atoms with van der Waals surface area (Å²) in [6.45, 7) is 2.00. The zero-order valence-electron chi connectivity index (χ0n) is 13.2. The SMILES string of the molecule is CC(=O)Nc1ccc(CC(=O)N(C)Cc2ccc(Cl)cc2)cc1. The van der Waals surface area contributed by atoms with Crippen LogP contribution in [0.1, 0.15) is 18.1 Å². The third-order valence-electron chi connectivity index (χ3n) is 3.39. The molecule has 0 heterocycles. The largest absolute Gasteiger partial charge is 0.341 e. The highest BCUT2D eigenvalue weighted by atomic mass is 35.5. The molecule has 2 aromatic carbocycles. The number of likely N-dealkylation sites (N-methyl/N-ethyl adjacent to an activating group) is 1. The number of nitrogens with one attached hydrogen (secondary N) is 1. The Kier molecular flexibility index (Phi) is 5.77. The van der Waals surface area contributed by atoms with Gasteiger partial charge in [0.1, 0.15) is 0 Å². The van der Waals surface area contributed by atoms with Crippen LogP contribution in [0.4, 0.5) is 5.69 Å². The summed E-state index contributed by atoms with van der Waals surface area (Å²) in [6.07, 6.45) is 0.324. The first-order valence-corrected chi connectivity index (χ1v) is 7.67. The second-order valence-electron chi connectivity index (χ2n) is 5.43. The zero-order valence-corrected chi connectivity index (χ0v) is 13.9. The van der Waals surface area contributed by atoms with Crippen LogP contribution in [-0.2, 0) is 22.6 Å². The summed E-state index contributed by atoms with van der Waals surface area (Å²) in [5.41, 5.74) is 2.67. The number of amides is 2. The van der Waals surface area contributed by atoms with E-state index in [-0.39, 0.29) is 11.8 Å². The minimum atomic E-state index is -0.114. The average Bonchev–Trinajstić information content (AvgIpc) is 2.51. The predicted molar refractivity (Wildman–Crippen MR) is 92.4 cm³/mol. The third-order valence-corrected chi connectivity index (χ3v) is 3.64. The maximum absolute atomic E-state index is 12.3. The molecule has 2 aromatic rings. The van der Waals surface area contributed by atoms with Gasteiger partial charge in [-0.3, -0.25) is 9.59 Å². The molecule has 23 heavy (non-hydrogen) atoms. The molecular weight excluding hydrogens is 312 g/mol. The highest BCUT2D eigenvalue weighted by Crippen LogP contribution is 2.13. The summed E-state index contributed by atoms with van der Waals surface area (Å²) < 4.78 is 0. The van der Waals surface area contributed by atoms with Crippen molar-refractivity contribution in [3.8, 4) is 0 Å². The van der Waals surface area contributed by atoms with Crippen molar-refractivity contribution >= 4 is 29.1 Å². The number of carbonyl (C=O) groups excluding carboxylic acids is 2. The van der Waals surface area contributed by atoms with E-state index in [1.807, 2.05) is 36.4 Å². The lowest BCUT2D eigenvalue weighted by Gasteiger charge is -2.17. The topological polar surface area (TPSA) is 49.4 Å². The van der Waals surface area contributed by atoms with Crippen LogP contribution in [0.2, 0.25) is 5.02 Å². The normalized spacial score (nSPS) is 10.2. The Morgan fingerprint density at radius 3 is 2.13 bits per heavy atom. The van der Waals surface area contributed by atoms with Crippen LogP contribution in [-0.4, -0.2) is 23.8 Å². The number of anilines is 1. The maximum atomic E-state index is 12.3. The van der Waals surface area contributed by atoms with Crippen molar-refractivity contribution < 1.29 is 9.59 Å². The minimum absolute atomic E-state index is 0.0345. The summed E-state index contributed by atoms with van der Waals surface area (Å²) in [5.74, 6) is -0.0799. The molecule has 0 saturated carbocycles. The van der Waals surface area contributed by atoms with E-state index >= 15 is 0 Å². The predicted octanol–water partition coefficient (Wildman–Crippen LogP) is 3.50. The van der Waals surface area contributed by atoms with Gasteiger partial charge in [0.2, 0.25) is 11.8 Å². The fourth-order valence-electron chi connectivity index (χ4n) is 2.17. The Hall–Kier alpha value is -2.33. The van der Waals surface area contributed by atoms with Crippen LogP contribution >= 0.6 is 11.6 Å². The summed E-state index contributed by atoms with van der Waals surface area (Å²) in [7, 11) is 1.78. The van der Waals surface area contributed by atoms with Gasteiger partial charge in [0.05, 0.1) is 6.42 Å². The molecule has 0 bridgehead atoms. The first kappa shape index (κ1) is 17.0. The Morgan fingerprint density at radius 1 is 1.00 bits per heavy atom. The molecule has 4 nitrogen and oxygen atoms in total. The molecule has 120 valence electrons. The Morgan fingerprint density at radius 2 is 1.57 bits per heavy atom. The molecule has 1 N–H and O–H groups in total. The standard InChI is InChI=1S/C18H19ClN2O2/c1-13(22)20-17-9-5-14(6-10-17)11-18(23)21(2)12-15-3-7-16(19)8-4-15/h3-10H,11-12H2,1-2H3,(H,20,22). The fraction of sp³-hybridized carbons (Fsp3) is 0.222. The van der Waals surface area contributed by atoms with E-state index in [2.05, 4.69) is 5.32 Å². The van der Waals surface area contributed by atoms with E-state index in [9.17, 15) is 9.59 Å². The molecule has 2 amide bonds. The van der Waals surface area contributed by atoms with E-state index < -0.39 is 0 Å². The number of benzene rings is 2. The molecule has 0 aliphatic carbocycles. The van der Waals surface area contributed by atoms with Crippen LogP contribution in [0.3, 0.4) is 0 Å². The number of halogens is 1. The molecule has 0 aliphatic rings. The quantitative estimate of drug-likeness (QED) is 0.912. The number of rotatable bonds is 5. The van der Waals surface area contributed by atoms with Gasteiger partial charge in [-0.1, -0.05) is 35.9 Å². The van der Waals surface area contributed by atoms with Gasteiger partial charge in [0, 0.05) is 31.2 Å². The number of nitrogens with zero attached hydrogens (tertiary/aromatic N) is 1. The van der Waals surface area contributed by atoms with Gasteiger partial charge < -0.3 is 10.2 Å². The van der Waals surface area contributed by atoms with Crippen LogP contribution in [0.5, 0.6) is 0 Å². The van der Waals surface area contributed by atoms with E-state index in [0.717, 1.165) is 16.8 Å². The highest BCUT2D eigenvalue weighted by molar-refractivity contribution is 6.30. The third kappa shape index (κ3) is 5.42. The van der Waals surface area contributed by atoms with E-state index in [0.29, 0.717) is 18.0 Å². The number of hydrogen-bond donors (Lipinski definition) is 1. The van der Waals surface area contributed by atoms with Crippen molar-refractivity contribution in [3.05, 3.63) is 64.7 Å². The smallest absolute Gasteiger partial charge is 0.227 e. The molecule has 0 aromatic heterocycles. The minimum Gasteiger partial charge on any atom is -0.341 e.